The molecule has 88 heavy (non-hydrogen) atoms. The van der Waals surface area contributed by atoms with Gasteiger partial charge in [-0.3, -0.25) is 19.7 Å². The zero-order valence-electron chi connectivity index (χ0n) is 63.2. The van der Waals surface area contributed by atoms with E-state index in [0.717, 1.165) is 103 Å². The maximum absolute atomic E-state index is 5.21. The molecule has 1 aliphatic carbocycles. The lowest BCUT2D eigenvalue weighted by Crippen LogP contribution is -2.64. The van der Waals surface area contributed by atoms with Crippen LogP contribution in [0.15, 0.2) is 61.6 Å². The molecular formula is C76H157N11O. The Morgan fingerprint density at radius 1 is 0.420 bits per heavy atom. The first-order valence-electron chi connectivity index (χ1n) is 35.5. The average Bonchev–Trinajstić information content (AvgIpc) is 3.98. The predicted molar refractivity (Wildman–Crippen MR) is 393 cm³/mol. The summed E-state index contributed by atoms with van der Waals surface area (Å²) in [5.74, 6) is 10.0. The van der Waals surface area contributed by atoms with Crippen molar-refractivity contribution in [3.05, 3.63) is 61.6 Å². The van der Waals surface area contributed by atoms with Crippen LogP contribution in [0.1, 0.15) is 198 Å². The van der Waals surface area contributed by atoms with Crippen LogP contribution in [0.5, 0.6) is 0 Å². The van der Waals surface area contributed by atoms with E-state index in [1.807, 2.05) is 36.0 Å². The third-order valence-electron chi connectivity index (χ3n) is 16.8. The van der Waals surface area contributed by atoms with Crippen molar-refractivity contribution in [1.82, 2.24) is 53.7 Å². The zero-order valence-corrected chi connectivity index (χ0v) is 63.2. The summed E-state index contributed by atoms with van der Waals surface area (Å²) in [4.78, 5) is 27.1. The summed E-state index contributed by atoms with van der Waals surface area (Å²) in [6.45, 7) is 75.0. The highest BCUT2D eigenvalue weighted by atomic mass is 16.5. The van der Waals surface area contributed by atoms with Crippen molar-refractivity contribution in [1.29, 1.82) is 0 Å². The van der Waals surface area contributed by atoms with E-state index in [-0.39, 0.29) is 7.43 Å². The van der Waals surface area contributed by atoms with Crippen molar-refractivity contribution >= 4 is 0 Å². The van der Waals surface area contributed by atoms with E-state index in [2.05, 4.69) is 236 Å². The number of aryl methyl sites for hydroxylation is 1. The van der Waals surface area contributed by atoms with Crippen molar-refractivity contribution in [3.63, 3.8) is 0 Å². The molecule has 1 saturated carbocycles. The largest absolute Gasteiger partial charge is 0.379 e. The Bertz CT molecular complexity index is 1690. The van der Waals surface area contributed by atoms with Crippen LogP contribution in [-0.4, -0.2) is 218 Å². The number of aromatic nitrogens is 3. The molecular weight excluding hydrogens is 1080 g/mol. The molecule has 0 bridgehead atoms. The number of hydrogen-bond donors (Lipinski definition) is 0. The molecule has 0 amide bonds. The molecule has 12 nitrogen and oxygen atoms in total. The second kappa shape index (κ2) is 54.0. The maximum atomic E-state index is 5.21. The first-order chi connectivity index (χ1) is 40.8. The number of piperidine rings is 1. The Balaban J connectivity index is -0.000000908. The number of pyridine rings is 1. The van der Waals surface area contributed by atoms with Gasteiger partial charge in [-0.15, -0.1) is 0 Å². The summed E-state index contributed by atoms with van der Waals surface area (Å²) < 4.78 is 7.10. The molecule has 12 heteroatoms. The molecule has 0 aromatic carbocycles. The normalized spacial score (nSPS) is 19.6. The summed E-state index contributed by atoms with van der Waals surface area (Å²) in [5, 5.41) is 0. The lowest BCUT2D eigenvalue weighted by molar-refractivity contribution is -0.0339. The molecule has 10 rings (SSSR count). The topological polar surface area (TPSA) is 65.9 Å². The minimum Gasteiger partial charge on any atom is -0.379 e. The number of likely N-dealkylation sites (tertiary alicyclic amines) is 5. The van der Waals surface area contributed by atoms with E-state index in [1.165, 1.54) is 136 Å². The first kappa shape index (κ1) is 89.8. The first-order valence-corrected chi connectivity index (χ1v) is 35.5. The van der Waals surface area contributed by atoms with Gasteiger partial charge in [0.2, 0.25) is 0 Å². The van der Waals surface area contributed by atoms with Crippen molar-refractivity contribution in [3.8, 4) is 0 Å². The summed E-state index contributed by atoms with van der Waals surface area (Å²) >= 11 is 0. The van der Waals surface area contributed by atoms with Gasteiger partial charge < -0.3 is 33.8 Å². The van der Waals surface area contributed by atoms with Crippen LogP contribution in [0.4, 0.5) is 0 Å². The van der Waals surface area contributed by atoms with E-state index >= 15 is 0 Å². The minimum absolute atomic E-state index is 0. The SMILES string of the molecule is C.C=C(C)N1CC(C(C)C)C1.CC(C)C.CC(C)C.CC(C)C.CC(C)C1CCC1.CC(C)C1CN(C)C1.CC(C)C1CN(C2CN(C)C2)C1.CC(C)N1CCN(C)CC1.CC(C)N1CCOCC1.CN1CCCCC1.Cn1ccnc1.c1ccncc1. The Morgan fingerprint density at radius 3 is 1.03 bits per heavy atom. The van der Waals surface area contributed by atoms with Gasteiger partial charge in [-0.2, -0.15) is 0 Å². The van der Waals surface area contributed by atoms with Gasteiger partial charge in [-0.1, -0.05) is 163 Å². The molecule has 8 fully saturated rings. The molecule has 8 aliphatic rings. The molecule has 2 aromatic heterocycles. The zero-order chi connectivity index (χ0) is 66.6. The number of morpholine rings is 1. The number of hydrogen-bond acceptors (Lipinski definition) is 11. The Morgan fingerprint density at radius 2 is 0.807 bits per heavy atom. The number of nitrogens with zero attached hydrogens (tertiary/aromatic N) is 11. The minimum atomic E-state index is 0. The van der Waals surface area contributed by atoms with Crippen LogP contribution in [0.3, 0.4) is 0 Å². The van der Waals surface area contributed by atoms with E-state index in [1.54, 1.807) is 24.9 Å². The van der Waals surface area contributed by atoms with Crippen molar-refractivity contribution in [2.75, 3.05) is 146 Å². The second-order valence-corrected chi connectivity index (χ2v) is 30.6. The lowest BCUT2D eigenvalue weighted by Gasteiger charge is -2.52. The smallest absolute Gasteiger partial charge is 0.0943 e. The van der Waals surface area contributed by atoms with Crippen molar-refractivity contribution in [2.24, 2.45) is 72.1 Å². The molecule has 7 saturated heterocycles. The highest BCUT2D eigenvalue weighted by molar-refractivity contribution is 4.97. The number of allylic oxidation sites excluding steroid dienone is 1. The monoisotopic (exact) mass is 1240 g/mol. The van der Waals surface area contributed by atoms with Crippen molar-refractivity contribution in [2.45, 2.75) is 216 Å². The van der Waals surface area contributed by atoms with Gasteiger partial charge in [0.25, 0.3) is 0 Å². The molecule has 0 radical (unpaired) electrons. The highest BCUT2D eigenvalue weighted by Gasteiger charge is 2.38. The van der Waals surface area contributed by atoms with Gasteiger partial charge in [0.1, 0.15) is 0 Å². The lowest BCUT2D eigenvalue weighted by atomic mass is 9.78. The van der Waals surface area contributed by atoms with Gasteiger partial charge in [0.05, 0.1) is 19.5 Å². The highest BCUT2D eigenvalue weighted by Crippen LogP contribution is 2.32. The maximum Gasteiger partial charge on any atom is 0.0943 e. The van der Waals surface area contributed by atoms with Gasteiger partial charge in [-0.25, -0.2) is 4.98 Å². The molecule has 0 N–H and O–H groups in total. The van der Waals surface area contributed by atoms with Crippen LogP contribution in [0, 0.1) is 65.1 Å². The fourth-order valence-electron chi connectivity index (χ4n) is 9.81. The van der Waals surface area contributed by atoms with Gasteiger partial charge in [-0.05, 0) is 166 Å². The summed E-state index contributed by atoms with van der Waals surface area (Å²) in [7, 11) is 10.7. The number of imidazole rings is 1. The second-order valence-electron chi connectivity index (χ2n) is 30.6. The van der Waals surface area contributed by atoms with Gasteiger partial charge in [0.15, 0.2) is 0 Å². The van der Waals surface area contributed by atoms with E-state index in [9.17, 15) is 0 Å². The summed E-state index contributed by atoms with van der Waals surface area (Å²) in [6, 6.07) is 8.03. The van der Waals surface area contributed by atoms with Crippen LogP contribution >= 0.6 is 0 Å². The third kappa shape index (κ3) is 50.2. The summed E-state index contributed by atoms with van der Waals surface area (Å²) in [5.41, 5.74) is 1.22. The van der Waals surface area contributed by atoms with Gasteiger partial charge >= 0.3 is 0 Å². The summed E-state index contributed by atoms with van der Waals surface area (Å²) in [6.07, 6.45) is 17.6. The van der Waals surface area contributed by atoms with E-state index in [4.69, 9.17) is 4.74 Å². The molecule has 0 spiro atoms. The number of ether oxygens (including phenoxy) is 1. The predicted octanol–water partition coefficient (Wildman–Crippen LogP) is 16.2. The Hall–Kier alpha value is -2.42. The van der Waals surface area contributed by atoms with Gasteiger partial charge in [0, 0.05) is 147 Å². The number of likely N-dealkylation sites (N-methyl/N-ethyl adjacent to an activating group) is 2. The van der Waals surface area contributed by atoms with Crippen LogP contribution < -0.4 is 0 Å². The molecule has 9 heterocycles. The molecule has 0 unspecified atom stereocenters. The fourth-order valence-corrected chi connectivity index (χ4v) is 9.81. The van der Waals surface area contributed by atoms with Crippen LogP contribution in [-0.2, 0) is 11.8 Å². The molecule has 2 aromatic rings. The van der Waals surface area contributed by atoms with E-state index < -0.39 is 0 Å². The Labute approximate surface area is 552 Å². The van der Waals surface area contributed by atoms with Crippen LogP contribution in [0.2, 0.25) is 0 Å². The van der Waals surface area contributed by atoms with Crippen LogP contribution in [0.25, 0.3) is 0 Å². The molecule has 0 atom stereocenters. The Kier molecular flexibility index (Phi) is 55.1. The third-order valence-corrected chi connectivity index (χ3v) is 16.8. The number of piperazine rings is 1. The standard InChI is InChI=1S/C10H20N2.C9H17N.C8H18N2.C7H15NO.C7H15N.C7H14.C6H13N.C5H5N.C4H6N2.3C4H10.CH4/c1-8(2)9-4-12(5-9)10-6-11(3)7-10;1-7(2)9-5-10(6-9)8(3)4;1-8(2)10-6-4-9(3)5-7-10;1-7(2)8-3-5-9-6-4-8;1-6(2)7-4-8(3)5-7;1-6(2)7-4-3-5-7;1-7-5-3-2-4-6-7;1-2-4-6-5-3-1;1-6-3-2-5-4-6;3*1-4(2)3;/h8-10H,4-7H2,1-3H3;7,9H,3,5-6H2,1-2,4H3;8H,4-7H2,1-3H3;7H,3-6H2,1-2H3;6-7H,4-5H2,1-3H3;6-7H,3-5H2,1-2H3;2-6H2,1H3;1-5H;2-4H,1H3;3*4H,1-3H3;1H4. The molecule has 522 valence electrons. The van der Waals surface area contributed by atoms with E-state index in [0.29, 0.717) is 6.04 Å². The quantitative estimate of drug-likeness (QED) is 0.254. The molecule has 7 aliphatic heterocycles. The van der Waals surface area contributed by atoms with Crippen molar-refractivity contribution < 1.29 is 4.74 Å². The fraction of sp³-hybridized carbons (Fsp3) is 0.868. The average molecular weight is 1240 g/mol. The number of rotatable bonds is 8.